The van der Waals surface area contributed by atoms with Crippen LogP contribution in [0.4, 0.5) is 0 Å². The molecule has 94 valence electrons. The maximum Gasteiger partial charge on any atom is 0.220 e. The van der Waals surface area contributed by atoms with Crippen molar-refractivity contribution in [1.29, 1.82) is 0 Å². The van der Waals surface area contributed by atoms with E-state index in [1.807, 2.05) is 12.1 Å². The van der Waals surface area contributed by atoms with Crippen LogP contribution in [0.5, 0.6) is 0 Å². The third-order valence-corrected chi connectivity index (χ3v) is 6.12. The molecule has 17 heavy (non-hydrogen) atoms. The highest BCUT2D eigenvalue weighted by atomic mass is 35.5. The van der Waals surface area contributed by atoms with Crippen molar-refractivity contribution in [2.45, 2.75) is 19.5 Å². The van der Waals surface area contributed by atoms with Crippen LogP contribution < -0.4 is 10.5 Å². The number of hydrogen-bond donors (Lipinski definition) is 2. The van der Waals surface area contributed by atoms with E-state index >= 15 is 0 Å². The molecule has 2 nitrogen and oxygen atoms in total. The fourth-order valence-corrected chi connectivity index (χ4v) is 3.75. The number of carbonyl (C=O) groups is 1. The van der Waals surface area contributed by atoms with Gasteiger partial charge in [-0.25, -0.2) is 0 Å². The van der Waals surface area contributed by atoms with Gasteiger partial charge < -0.3 is 5.32 Å². The summed E-state index contributed by atoms with van der Waals surface area (Å²) in [5, 5.41) is 5.02. The average Bonchev–Trinajstić information content (AvgIpc) is 2.28. The normalized spacial score (nSPS) is 11.3. The van der Waals surface area contributed by atoms with Gasteiger partial charge >= 0.3 is 0 Å². The van der Waals surface area contributed by atoms with Crippen molar-refractivity contribution in [3.05, 3.63) is 29.3 Å². The number of rotatable bonds is 5. The summed E-state index contributed by atoms with van der Waals surface area (Å²) >= 11 is 9.91. The van der Waals surface area contributed by atoms with E-state index in [0.717, 1.165) is 11.2 Å². The smallest absolute Gasteiger partial charge is 0.220 e. The van der Waals surface area contributed by atoms with Gasteiger partial charge in [0.05, 0.1) is 0 Å². The highest BCUT2D eigenvalue weighted by Crippen LogP contribution is 2.08. The molecule has 0 radical (unpaired) electrons. The molecule has 0 bridgehead atoms. The SMILES string of the molecule is C[Si](C)(CNC(=O)CCS)c1ccc(Cl)cc1. The number of carbonyl (C=O) groups excluding carboxylic acids is 1. The van der Waals surface area contributed by atoms with Crippen LogP contribution in [0.15, 0.2) is 24.3 Å². The molecule has 5 heteroatoms. The average molecular weight is 288 g/mol. The van der Waals surface area contributed by atoms with Crippen molar-refractivity contribution in [3.63, 3.8) is 0 Å². The first kappa shape index (κ1) is 14.6. The Morgan fingerprint density at radius 3 is 2.47 bits per heavy atom. The molecular formula is C12H18ClNOSSi. The molecule has 0 unspecified atom stereocenters. The van der Waals surface area contributed by atoms with Crippen LogP contribution in [0.2, 0.25) is 18.1 Å². The lowest BCUT2D eigenvalue weighted by Crippen LogP contribution is -2.51. The van der Waals surface area contributed by atoms with E-state index in [0.29, 0.717) is 12.2 Å². The number of thiol groups is 1. The number of hydrogen-bond acceptors (Lipinski definition) is 2. The number of benzene rings is 1. The molecule has 0 fully saturated rings. The lowest BCUT2D eigenvalue weighted by molar-refractivity contribution is -0.120. The van der Waals surface area contributed by atoms with Crippen LogP contribution in [-0.4, -0.2) is 25.9 Å². The van der Waals surface area contributed by atoms with Crippen LogP contribution in [0.1, 0.15) is 6.42 Å². The molecule has 1 rings (SSSR count). The first-order valence-electron chi connectivity index (χ1n) is 5.59. The Bertz CT molecular complexity index is 381. The first-order chi connectivity index (χ1) is 7.95. The zero-order chi connectivity index (χ0) is 12.9. The largest absolute Gasteiger partial charge is 0.359 e. The van der Waals surface area contributed by atoms with Crippen LogP contribution in [0, 0.1) is 0 Å². The topological polar surface area (TPSA) is 29.1 Å². The van der Waals surface area contributed by atoms with Gasteiger partial charge in [-0.3, -0.25) is 4.79 Å². The second-order valence-corrected chi connectivity index (χ2v) is 10.2. The summed E-state index contributed by atoms with van der Waals surface area (Å²) in [5.41, 5.74) is 0. The molecule has 0 aliphatic carbocycles. The first-order valence-corrected chi connectivity index (χ1v) is 9.81. The van der Waals surface area contributed by atoms with Crippen molar-refractivity contribution in [3.8, 4) is 0 Å². The zero-order valence-corrected chi connectivity index (χ0v) is 12.8. The van der Waals surface area contributed by atoms with E-state index in [2.05, 4.69) is 43.2 Å². The van der Waals surface area contributed by atoms with Crippen LogP contribution in [-0.2, 0) is 4.79 Å². The number of halogens is 1. The molecule has 0 saturated heterocycles. The van der Waals surface area contributed by atoms with Crippen molar-refractivity contribution >= 4 is 43.4 Å². The van der Waals surface area contributed by atoms with Gasteiger partial charge in [0.2, 0.25) is 5.91 Å². The highest BCUT2D eigenvalue weighted by molar-refractivity contribution is 7.80. The lowest BCUT2D eigenvalue weighted by Gasteiger charge is -2.23. The Morgan fingerprint density at radius 2 is 1.94 bits per heavy atom. The maximum atomic E-state index is 11.4. The van der Waals surface area contributed by atoms with Gasteiger partial charge in [-0.05, 0) is 17.9 Å². The lowest BCUT2D eigenvalue weighted by atomic mass is 10.4. The Balaban J connectivity index is 2.61. The monoisotopic (exact) mass is 287 g/mol. The van der Waals surface area contributed by atoms with Crippen molar-refractivity contribution in [2.24, 2.45) is 0 Å². The minimum Gasteiger partial charge on any atom is -0.359 e. The Morgan fingerprint density at radius 1 is 1.35 bits per heavy atom. The summed E-state index contributed by atoms with van der Waals surface area (Å²) in [6.45, 7) is 4.47. The van der Waals surface area contributed by atoms with E-state index in [1.54, 1.807) is 0 Å². The molecule has 0 saturated carbocycles. The van der Waals surface area contributed by atoms with Gasteiger partial charge in [0.15, 0.2) is 0 Å². The van der Waals surface area contributed by atoms with Crippen molar-refractivity contribution in [1.82, 2.24) is 5.32 Å². The molecule has 0 aliphatic rings. The standard InChI is InChI=1S/C12H18ClNOSSi/c1-17(2,9-14-12(15)7-8-16)11-5-3-10(13)4-6-11/h3-6,16H,7-9H2,1-2H3,(H,14,15). The maximum absolute atomic E-state index is 11.4. The van der Waals surface area contributed by atoms with Gasteiger partial charge in [-0.15, -0.1) is 0 Å². The minimum absolute atomic E-state index is 0.0783. The quantitative estimate of drug-likeness (QED) is 0.631. The van der Waals surface area contributed by atoms with E-state index < -0.39 is 8.07 Å². The predicted octanol–water partition coefficient (Wildman–Crippen LogP) is 2.23. The highest BCUT2D eigenvalue weighted by Gasteiger charge is 2.23. The molecule has 0 aromatic heterocycles. The Kier molecular flexibility index (Phi) is 5.56. The summed E-state index contributed by atoms with van der Waals surface area (Å²) in [7, 11) is -1.61. The van der Waals surface area contributed by atoms with Crippen molar-refractivity contribution < 1.29 is 4.79 Å². The second-order valence-electron chi connectivity index (χ2n) is 4.64. The molecule has 0 aliphatic heterocycles. The molecule has 1 amide bonds. The Labute approximate surface area is 114 Å². The van der Waals surface area contributed by atoms with E-state index in [9.17, 15) is 4.79 Å². The van der Waals surface area contributed by atoms with E-state index in [1.165, 1.54) is 5.19 Å². The van der Waals surface area contributed by atoms with Crippen LogP contribution in [0.25, 0.3) is 0 Å². The molecule has 1 aromatic carbocycles. The van der Waals surface area contributed by atoms with E-state index in [-0.39, 0.29) is 5.91 Å². The molecular weight excluding hydrogens is 270 g/mol. The summed E-state index contributed by atoms with van der Waals surface area (Å²) in [4.78, 5) is 11.4. The molecule has 1 N–H and O–H groups in total. The van der Waals surface area contributed by atoms with Crippen LogP contribution in [0.3, 0.4) is 0 Å². The summed E-state index contributed by atoms with van der Waals surface area (Å²) in [6.07, 6.45) is 1.23. The summed E-state index contributed by atoms with van der Waals surface area (Å²) < 4.78 is 0. The fraction of sp³-hybridized carbons (Fsp3) is 0.417. The second kappa shape index (κ2) is 6.47. The minimum atomic E-state index is -1.61. The van der Waals surface area contributed by atoms with Crippen LogP contribution >= 0.6 is 24.2 Å². The van der Waals surface area contributed by atoms with Gasteiger partial charge in [-0.2, -0.15) is 12.6 Å². The van der Waals surface area contributed by atoms with Crippen molar-refractivity contribution in [2.75, 3.05) is 11.9 Å². The molecule has 0 atom stereocenters. The third-order valence-electron chi connectivity index (χ3n) is 2.69. The number of amides is 1. The van der Waals surface area contributed by atoms with Gasteiger partial charge in [0.25, 0.3) is 0 Å². The van der Waals surface area contributed by atoms with Gasteiger partial charge in [0, 0.05) is 17.6 Å². The van der Waals surface area contributed by atoms with Gasteiger partial charge in [0.1, 0.15) is 8.07 Å². The van der Waals surface area contributed by atoms with E-state index in [4.69, 9.17) is 11.6 Å². The molecule has 0 heterocycles. The van der Waals surface area contributed by atoms with Gasteiger partial charge in [-0.1, -0.05) is 42.0 Å². The Hall–Kier alpha value is -0.453. The number of nitrogens with one attached hydrogen (secondary N) is 1. The predicted molar refractivity (Wildman–Crippen MR) is 80.0 cm³/mol. The molecule has 0 spiro atoms. The zero-order valence-electron chi connectivity index (χ0n) is 10.2. The fourth-order valence-electron chi connectivity index (χ4n) is 1.51. The summed E-state index contributed by atoms with van der Waals surface area (Å²) in [6, 6.07) is 7.92. The summed E-state index contributed by atoms with van der Waals surface area (Å²) in [5.74, 6) is 0.670. The third kappa shape index (κ3) is 4.74. The molecule has 1 aromatic rings.